The molecule has 0 N–H and O–H groups in total. The molecule has 0 aromatic heterocycles. The van der Waals surface area contributed by atoms with Crippen molar-refractivity contribution in [2.75, 3.05) is 0 Å². The zero-order valence-electron chi connectivity index (χ0n) is 16.3. The zero-order chi connectivity index (χ0) is 24.0. The first-order chi connectivity index (χ1) is 15.5. The van der Waals surface area contributed by atoms with E-state index in [0.29, 0.717) is 5.22 Å². The van der Waals surface area contributed by atoms with Crippen LogP contribution < -0.4 is 19.9 Å². The average molecular weight is 483 g/mol. The molecule has 13 heteroatoms. The fourth-order valence-corrected chi connectivity index (χ4v) is 3.72. The van der Waals surface area contributed by atoms with E-state index in [1.165, 1.54) is 18.2 Å². The van der Waals surface area contributed by atoms with Crippen LogP contribution in [0.25, 0.3) is 11.6 Å². The Morgan fingerprint density at radius 3 is 2.30 bits per heavy atom. The van der Waals surface area contributed by atoms with Gasteiger partial charge in [0.05, 0.1) is 5.56 Å². The number of para-hydroxylation sites is 1. The molecule has 2 aliphatic rings. The maximum Gasteiger partial charge on any atom is 0.525 e. The Labute approximate surface area is 183 Å². The Morgan fingerprint density at radius 2 is 1.64 bits per heavy atom. The molecular formula is C20H12F3NO8S. The Bertz CT molecular complexity index is 1400. The van der Waals surface area contributed by atoms with E-state index in [9.17, 15) is 36.0 Å². The summed E-state index contributed by atoms with van der Waals surface area (Å²) in [5.74, 6) is -2.84. The molecule has 9 nitrogen and oxygen atoms in total. The third-order valence-electron chi connectivity index (χ3n) is 4.66. The predicted molar refractivity (Wildman–Crippen MR) is 103 cm³/mol. The van der Waals surface area contributed by atoms with Crippen LogP contribution in [0.1, 0.15) is 23.2 Å². The number of carbonyl (C=O) groups is 3. The molecule has 0 saturated heterocycles. The lowest BCUT2D eigenvalue weighted by atomic mass is 9.92. The van der Waals surface area contributed by atoms with E-state index >= 15 is 0 Å². The molecule has 0 unspecified atom stereocenters. The van der Waals surface area contributed by atoms with Gasteiger partial charge in [-0.1, -0.05) is 24.3 Å². The molecule has 0 spiro atoms. The van der Waals surface area contributed by atoms with Crippen molar-refractivity contribution in [3.8, 4) is 11.5 Å². The van der Waals surface area contributed by atoms with Crippen molar-refractivity contribution in [3.63, 3.8) is 0 Å². The van der Waals surface area contributed by atoms with Crippen molar-refractivity contribution in [2.45, 2.75) is 18.3 Å². The Kier molecular flexibility index (Phi) is 5.46. The molecule has 0 saturated carbocycles. The Hall–Kier alpha value is -3.71. The fraction of sp³-hybridized carbons (Fsp3) is 0.150. The quantitative estimate of drug-likeness (QED) is 0.280. The summed E-state index contributed by atoms with van der Waals surface area (Å²) in [6.07, 6.45) is 0.732. The highest BCUT2D eigenvalue weighted by Crippen LogP contribution is 2.29. The van der Waals surface area contributed by atoms with E-state index in [1.807, 2.05) is 0 Å². The maximum absolute atomic E-state index is 12.7. The summed E-state index contributed by atoms with van der Waals surface area (Å²) in [6, 6.07) is 10.2. The number of alkyl halides is 3. The molecule has 1 heterocycles. The second-order valence-corrected chi connectivity index (χ2v) is 8.32. The molecule has 0 radical (unpaired) electrons. The van der Waals surface area contributed by atoms with Gasteiger partial charge in [0.25, 0.3) is 11.8 Å². The van der Waals surface area contributed by atoms with Crippen LogP contribution >= 0.6 is 0 Å². The fourth-order valence-electron chi connectivity index (χ4n) is 3.31. The summed E-state index contributed by atoms with van der Waals surface area (Å²) in [5.41, 5.74) is -6.35. The van der Waals surface area contributed by atoms with Crippen molar-refractivity contribution in [1.29, 1.82) is 0 Å². The number of rotatable bonds is 4. The van der Waals surface area contributed by atoms with Crippen LogP contribution in [-0.2, 0) is 19.2 Å². The number of nitrogens with zero attached hydrogens (tertiary/aromatic N) is 1. The van der Waals surface area contributed by atoms with Crippen molar-refractivity contribution in [1.82, 2.24) is 5.06 Å². The van der Waals surface area contributed by atoms with Crippen LogP contribution in [0.3, 0.4) is 0 Å². The normalized spacial score (nSPS) is 15.6. The number of halogens is 3. The SMILES string of the molecule is O=C(Oc1ccccc1)Oc1cc2c3c(c1)=CCCC=3C(=O)N(OS(=O)(=O)C(F)(F)F)C2=O. The van der Waals surface area contributed by atoms with Gasteiger partial charge >= 0.3 is 21.8 Å². The first kappa shape index (κ1) is 22.5. The number of benzene rings is 2. The number of hydroxylamine groups is 2. The second kappa shape index (κ2) is 8.01. The minimum Gasteiger partial charge on any atom is -0.395 e. The lowest BCUT2D eigenvalue weighted by Gasteiger charge is -2.26. The Balaban J connectivity index is 1.72. The lowest BCUT2D eigenvalue weighted by molar-refractivity contribution is -0.145. The second-order valence-electron chi connectivity index (χ2n) is 6.80. The summed E-state index contributed by atoms with van der Waals surface area (Å²) in [6.45, 7) is 0. The first-order valence-corrected chi connectivity index (χ1v) is 10.6. The third-order valence-corrected chi connectivity index (χ3v) is 5.57. The van der Waals surface area contributed by atoms with E-state index in [-0.39, 0.29) is 40.7 Å². The van der Waals surface area contributed by atoms with Gasteiger partial charge in [-0.25, -0.2) is 4.79 Å². The largest absolute Gasteiger partial charge is 0.525 e. The zero-order valence-corrected chi connectivity index (χ0v) is 17.1. The molecule has 0 fully saturated rings. The van der Waals surface area contributed by atoms with Crippen LogP contribution in [0.2, 0.25) is 0 Å². The van der Waals surface area contributed by atoms with E-state index in [2.05, 4.69) is 4.28 Å². The summed E-state index contributed by atoms with van der Waals surface area (Å²) in [7, 11) is -6.30. The van der Waals surface area contributed by atoms with Gasteiger partial charge in [-0.3, -0.25) is 9.59 Å². The van der Waals surface area contributed by atoms with E-state index in [1.54, 1.807) is 24.3 Å². The monoisotopic (exact) mass is 483 g/mol. The standard InChI is InChI=1S/C20H12F3NO8S/c21-20(22,23)33(28,29)32-24-17(25)14-8-4-5-11-9-13(10-15(16(11)14)18(24)26)31-19(27)30-12-6-2-1-3-7-12/h1-3,5-7,9-10H,4,8H2. The minimum absolute atomic E-state index is 0.0221. The van der Waals surface area contributed by atoms with E-state index in [4.69, 9.17) is 9.47 Å². The van der Waals surface area contributed by atoms with E-state index < -0.39 is 38.7 Å². The predicted octanol–water partition coefficient (Wildman–Crippen LogP) is 1.75. The topological polar surface area (TPSA) is 116 Å². The first-order valence-electron chi connectivity index (χ1n) is 9.20. The van der Waals surface area contributed by atoms with Crippen LogP contribution in [0, 0.1) is 0 Å². The molecular weight excluding hydrogens is 471 g/mol. The van der Waals surface area contributed by atoms with Gasteiger partial charge in [-0.2, -0.15) is 21.6 Å². The number of carbonyl (C=O) groups excluding carboxylic acids is 3. The summed E-state index contributed by atoms with van der Waals surface area (Å²) in [5, 5.41) is -0.0534. The molecule has 4 rings (SSSR count). The average Bonchev–Trinajstić information content (AvgIpc) is 2.74. The molecule has 33 heavy (non-hydrogen) atoms. The number of amides is 2. The molecule has 1 aliphatic heterocycles. The van der Waals surface area contributed by atoms with Gasteiger partial charge < -0.3 is 9.47 Å². The highest BCUT2D eigenvalue weighted by Gasteiger charge is 2.51. The van der Waals surface area contributed by atoms with Crippen molar-refractivity contribution in [3.05, 3.63) is 58.5 Å². The van der Waals surface area contributed by atoms with Gasteiger partial charge in [0, 0.05) is 10.8 Å². The van der Waals surface area contributed by atoms with Gasteiger partial charge in [0.2, 0.25) is 0 Å². The number of imide groups is 1. The molecule has 2 aromatic rings. The van der Waals surface area contributed by atoms with Crippen LogP contribution in [0.15, 0.2) is 42.5 Å². The highest BCUT2D eigenvalue weighted by molar-refractivity contribution is 7.87. The van der Waals surface area contributed by atoms with Crippen molar-refractivity contribution >= 4 is 39.7 Å². The number of hydrogen-bond donors (Lipinski definition) is 0. The van der Waals surface area contributed by atoms with Gasteiger partial charge in [-0.15, -0.1) is 9.35 Å². The third kappa shape index (κ3) is 4.19. The highest BCUT2D eigenvalue weighted by atomic mass is 32.2. The molecule has 172 valence electrons. The molecule has 1 aliphatic carbocycles. The van der Waals surface area contributed by atoms with Gasteiger partial charge in [0.1, 0.15) is 11.5 Å². The van der Waals surface area contributed by atoms with E-state index in [0.717, 1.165) is 6.07 Å². The Morgan fingerprint density at radius 1 is 0.970 bits per heavy atom. The van der Waals surface area contributed by atoms with Crippen LogP contribution in [0.5, 0.6) is 11.5 Å². The van der Waals surface area contributed by atoms with Crippen molar-refractivity contribution < 1.29 is 49.7 Å². The lowest BCUT2D eigenvalue weighted by Crippen LogP contribution is -2.52. The summed E-state index contributed by atoms with van der Waals surface area (Å²) < 4.78 is 74.9. The molecule has 2 amide bonds. The summed E-state index contributed by atoms with van der Waals surface area (Å²) in [4.78, 5) is 37.4. The van der Waals surface area contributed by atoms with Crippen molar-refractivity contribution in [2.24, 2.45) is 0 Å². The minimum atomic E-state index is -6.30. The number of ether oxygens (including phenoxy) is 2. The smallest absolute Gasteiger partial charge is 0.395 e. The number of hydrogen-bond acceptors (Lipinski definition) is 8. The van der Waals surface area contributed by atoms with Gasteiger partial charge in [-0.05, 0) is 42.3 Å². The molecule has 2 aromatic carbocycles. The van der Waals surface area contributed by atoms with Gasteiger partial charge in [0.15, 0.2) is 0 Å². The molecule has 0 atom stereocenters. The van der Waals surface area contributed by atoms with Crippen LogP contribution in [-0.4, -0.2) is 37.0 Å². The van der Waals surface area contributed by atoms with Crippen LogP contribution in [0.4, 0.5) is 18.0 Å². The maximum atomic E-state index is 12.7. The summed E-state index contributed by atoms with van der Waals surface area (Å²) >= 11 is 0. The molecule has 0 bridgehead atoms.